The first-order valence-corrected chi connectivity index (χ1v) is 7.76. The van der Waals surface area contributed by atoms with Crippen LogP contribution in [0.4, 0.5) is 0 Å². The minimum Gasteiger partial charge on any atom is -0.227 e. The molecule has 0 aliphatic heterocycles. The molecule has 0 aromatic carbocycles. The normalized spacial score (nSPS) is 24.9. The molecule has 1 nitrogen and oxygen atoms in total. The van der Waals surface area contributed by atoms with Crippen LogP contribution in [0.25, 0.3) is 0 Å². The number of hydrogen-bond acceptors (Lipinski definition) is 2. The van der Waals surface area contributed by atoms with Crippen LogP contribution in [0, 0.1) is 5.92 Å². The average Bonchev–Trinajstić information content (AvgIpc) is 2.26. The molecule has 0 radical (unpaired) electrons. The molecule has 1 aromatic heterocycles. The highest BCUT2D eigenvalue weighted by Crippen LogP contribution is 2.39. The van der Waals surface area contributed by atoms with E-state index in [1.807, 2.05) is 0 Å². The number of rotatable bonds is 2. The molecule has 0 bridgehead atoms. The second-order valence-corrected chi connectivity index (χ2v) is 7.02. The highest BCUT2D eigenvalue weighted by atomic mass is 35.5. The zero-order valence-electron chi connectivity index (χ0n) is 9.55. The van der Waals surface area contributed by atoms with E-state index in [1.54, 1.807) is 17.8 Å². The van der Waals surface area contributed by atoms with Crippen molar-refractivity contribution in [2.24, 2.45) is 5.92 Å². The summed E-state index contributed by atoms with van der Waals surface area (Å²) >= 11 is 19.6. The fourth-order valence-electron chi connectivity index (χ4n) is 2.15. The molecule has 0 N–H and O–H groups in total. The van der Waals surface area contributed by atoms with Crippen molar-refractivity contribution in [3.05, 3.63) is 21.3 Å². The lowest BCUT2D eigenvalue weighted by molar-refractivity contribution is 0.394. The Bertz CT molecular complexity index is 411. The van der Waals surface area contributed by atoms with Crippen LogP contribution in [0.1, 0.15) is 32.6 Å². The first-order chi connectivity index (χ1) is 8.06. The van der Waals surface area contributed by atoms with Crippen LogP contribution in [0.5, 0.6) is 0 Å². The fourth-order valence-corrected chi connectivity index (χ4v) is 4.18. The van der Waals surface area contributed by atoms with Crippen molar-refractivity contribution in [1.29, 1.82) is 0 Å². The first kappa shape index (κ1) is 13.8. The second-order valence-electron chi connectivity index (χ2n) is 4.56. The number of thioether (sulfide) groups is 1. The molecule has 17 heavy (non-hydrogen) atoms. The van der Waals surface area contributed by atoms with Gasteiger partial charge in [-0.1, -0.05) is 54.6 Å². The van der Waals surface area contributed by atoms with Crippen molar-refractivity contribution in [2.45, 2.75) is 42.9 Å². The minimum absolute atomic E-state index is 0.336. The van der Waals surface area contributed by atoms with Crippen LogP contribution in [-0.2, 0) is 0 Å². The summed E-state index contributed by atoms with van der Waals surface area (Å²) in [5.41, 5.74) is 0. The standard InChI is InChI=1S/C12H14Cl3NS/c1-7-3-2-4-8(5-7)17-12-10(14)6-9(13)11(15)16-12/h6-8H,2-5H2,1H3. The third kappa shape index (κ3) is 3.66. The van der Waals surface area contributed by atoms with Crippen LogP contribution < -0.4 is 0 Å². The average molecular weight is 311 g/mol. The molecule has 1 saturated carbocycles. The highest BCUT2D eigenvalue weighted by Gasteiger charge is 2.21. The van der Waals surface area contributed by atoms with E-state index in [0.29, 0.717) is 20.4 Å². The van der Waals surface area contributed by atoms with E-state index < -0.39 is 0 Å². The Hall–Kier alpha value is 0.370. The van der Waals surface area contributed by atoms with Crippen molar-refractivity contribution >= 4 is 46.6 Å². The SMILES string of the molecule is CC1CCCC(Sc2nc(Cl)c(Cl)cc2Cl)C1. The first-order valence-electron chi connectivity index (χ1n) is 5.74. The summed E-state index contributed by atoms with van der Waals surface area (Å²) in [7, 11) is 0. The van der Waals surface area contributed by atoms with Gasteiger partial charge in [0.25, 0.3) is 0 Å². The molecule has 2 unspecified atom stereocenters. The Morgan fingerprint density at radius 1 is 1.24 bits per heavy atom. The predicted octanol–water partition coefficient (Wildman–Crippen LogP) is 5.71. The Morgan fingerprint density at radius 2 is 2.00 bits per heavy atom. The summed E-state index contributed by atoms with van der Waals surface area (Å²) in [5.74, 6) is 0.794. The lowest BCUT2D eigenvalue weighted by Crippen LogP contribution is -2.15. The molecule has 0 saturated heterocycles. The second kappa shape index (κ2) is 6.01. The zero-order chi connectivity index (χ0) is 12.4. The molecule has 1 fully saturated rings. The largest absolute Gasteiger partial charge is 0.227 e. The number of nitrogens with zero attached hydrogens (tertiary/aromatic N) is 1. The van der Waals surface area contributed by atoms with Gasteiger partial charge in [-0.15, -0.1) is 11.8 Å². The van der Waals surface area contributed by atoms with Crippen molar-refractivity contribution in [3.8, 4) is 0 Å². The number of hydrogen-bond donors (Lipinski definition) is 0. The Kier molecular flexibility index (Phi) is 4.88. The third-order valence-electron chi connectivity index (χ3n) is 3.02. The summed E-state index contributed by atoms with van der Waals surface area (Å²) in [5, 5.41) is 2.75. The Morgan fingerprint density at radius 3 is 2.71 bits per heavy atom. The maximum absolute atomic E-state index is 6.13. The van der Waals surface area contributed by atoms with E-state index in [9.17, 15) is 0 Å². The molecule has 94 valence electrons. The smallest absolute Gasteiger partial charge is 0.149 e. The van der Waals surface area contributed by atoms with Crippen LogP contribution in [0.15, 0.2) is 11.1 Å². The van der Waals surface area contributed by atoms with Gasteiger partial charge in [0.1, 0.15) is 10.2 Å². The molecule has 2 atom stereocenters. The van der Waals surface area contributed by atoms with E-state index in [-0.39, 0.29) is 0 Å². The molecule has 0 amide bonds. The maximum atomic E-state index is 6.13. The fraction of sp³-hybridized carbons (Fsp3) is 0.583. The number of aromatic nitrogens is 1. The van der Waals surface area contributed by atoms with Gasteiger partial charge < -0.3 is 0 Å². The van der Waals surface area contributed by atoms with Gasteiger partial charge in [0.2, 0.25) is 0 Å². The molecule has 0 spiro atoms. The zero-order valence-corrected chi connectivity index (χ0v) is 12.6. The van der Waals surface area contributed by atoms with Crippen molar-refractivity contribution in [2.75, 3.05) is 0 Å². The van der Waals surface area contributed by atoms with Gasteiger partial charge in [-0.3, -0.25) is 0 Å². The van der Waals surface area contributed by atoms with Gasteiger partial charge in [0.15, 0.2) is 0 Å². The molecule has 1 heterocycles. The van der Waals surface area contributed by atoms with Gasteiger partial charge in [0.05, 0.1) is 10.0 Å². The Labute approximate surface area is 121 Å². The quantitative estimate of drug-likeness (QED) is 0.649. The predicted molar refractivity (Wildman–Crippen MR) is 76.5 cm³/mol. The van der Waals surface area contributed by atoms with Gasteiger partial charge in [0, 0.05) is 5.25 Å². The summed E-state index contributed by atoms with van der Waals surface area (Å²) in [6, 6.07) is 1.67. The summed E-state index contributed by atoms with van der Waals surface area (Å²) in [6.07, 6.45) is 5.08. The van der Waals surface area contributed by atoms with Crippen LogP contribution in [-0.4, -0.2) is 10.2 Å². The van der Waals surface area contributed by atoms with Crippen molar-refractivity contribution < 1.29 is 0 Å². The van der Waals surface area contributed by atoms with Crippen LogP contribution >= 0.6 is 46.6 Å². The molecule has 2 rings (SSSR count). The molecule has 1 aliphatic carbocycles. The highest BCUT2D eigenvalue weighted by molar-refractivity contribution is 8.00. The number of halogens is 3. The molecule has 1 aromatic rings. The number of pyridine rings is 1. The summed E-state index contributed by atoms with van der Waals surface area (Å²) in [4.78, 5) is 4.26. The van der Waals surface area contributed by atoms with Gasteiger partial charge in [-0.2, -0.15) is 0 Å². The van der Waals surface area contributed by atoms with E-state index in [4.69, 9.17) is 34.8 Å². The summed E-state index contributed by atoms with van der Waals surface area (Å²) in [6.45, 7) is 2.30. The molecule has 5 heteroatoms. The topological polar surface area (TPSA) is 12.9 Å². The van der Waals surface area contributed by atoms with E-state index in [1.165, 1.54) is 25.7 Å². The Balaban J connectivity index is 2.10. The lowest BCUT2D eigenvalue weighted by atomic mass is 9.91. The minimum atomic E-state index is 0.336. The molecular formula is C12H14Cl3NS. The van der Waals surface area contributed by atoms with E-state index in [2.05, 4.69) is 11.9 Å². The van der Waals surface area contributed by atoms with Gasteiger partial charge in [-0.25, -0.2) is 4.98 Å². The van der Waals surface area contributed by atoms with E-state index in [0.717, 1.165) is 10.9 Å². The van der Waals surface area contributed by atoms with Gasteiger partial charge in [-0.05, 0) is 24.8 Å². The summed E-state index contributed by atoms with van der Waals surface area (Å²) < 4.78 is 0. The van der Waals surface area contributed by atoms with Crippen molar-refractivity contribution in [3.63, 3.8) is 0 Å². The maximum Gasteiger partial charge on any atom is 0.149 e. The van der Waals surface area contributed by atoms with Crippen LogP contribution in [0.2, 0.25) is 15.2 Å². The van der Waals surface area contributed by atoms with Gasteiger partial charge >= 0.3 is 0 Å². The third-order valence-corrected chi connectivity index (χ3v) is 5.39. The monoisotopic (exact) mass is 309 g/mol. The lowest BCUT2D eigenvalue weighted by Gasteiger charge is -2.26. The molecular weight excluding hydrogens is 297 g/mol. The molecule has 1 aliphatic rings. The van der Waals surface area contributed by atoms with Crippen LogP contribution in [0.3, 0.4) is 0 Å². The van der Waals surface area contributed by atoms with E-state index >= 15 is 0 Å². The van der Waals surface area contributed by atoms with Crippen molar-refractivity contribution in [1.82, 2.24) is 4.98 Å².